The van der Waals surface area contributed by atoms with Gasteiger partial charge >= 0.3 is 0 Å². The zero-order valence-electron chi connectivity index (χ0n) is 17.7. The van der Waals surface area contributed by atoms with Gasteiger partial charge in [0.25, 0.3) is 0 Å². The van der Waals surface area contributed by atoms with E-state index in [4.69, 9.17) is 4.74 Å². The van der Waals surface area contributed by atoms with E-state index in [1.54, 1.807) is 0 Å². The summed E-state index contributed by atoms with van der Waals surface area (Å²) in [6, 6.07) is 0. The van der Waals surface area contributed by atoms with Gasteiger partial charge in [0.15, 0.2) is 11.7 Å². The second-order valence-electron chi connectivity index (χ2n) is 7.33. The summed E-state index contributed by atoms with van der Waals surface area (Å²) in [4.78, 5) is 0. The molecule has 1 aliphatic rings. The molecule has 0 saturated carbocycles. The largest absolute Gasteiger partial charge is 0.377 e. The fourth-order valence-corrected chi connectivity index (χ4v) is 3.17. The van der Waals surface area contributed by atoms with Gasteiger partial charge in [-0.25, -0.2) is 8.78 Å². The molecule has 0 amide bonds. The Kier molecular flexibility index (Phi) is 11.2. The van der Waals surface area contributed by atoms with Crippen LogP contribution in [0.2, 0.25) is 0 Å². The fourth-order valence-electron chi connectivity index (χ4n) is 3.17. The second kappa shape index (κ2) is 12.8. The molecule has 1 nitrogen and oxygen atoms in total. The van der Waals surface area contributed by atoms with Crippen molar-refractivity contribution in [2.45, 2.75) is 66.7 Å². The van der Waals surface area contributed by atoms with E-state index in [9.17, 15) is 8.78 Å². The second-order valence-corrected chi connectivity index (χ2v) is 7.33. The van der Waals surface area contributed by atoms with Gasteiger partial charge in [0, 0.05) is 12.2 Å². The molecule has 0 saturated heterocycles. The molecule has 0 spiro atoms. The van der Waals surface area contributed by atoms with Gasteiger partial charge in [0.05, 0.1) is 6.61 Å². The third kappa shape index (κ3) is 8.38. The lowest BCUT2D eigenvalue weighted by molar-refractivity contribution is 0.170. The first-order valence-corrected chi connectivity index (χ1v) is 10.3. The first-order chi connectivity index (χ1) is 12.9. The minimum atomic E-state index is -0.838. The van der Waals surface area contributed by atoms with E-state index < -0.39 is 11.7 Å². The third-order valence-corrected chi connectivity index (χ3v) is 5.22. The quantitative estimate of drug-likeness (QED) is 0.278. The lowest BCUT2D eigenvalue weighted by Crippen LogP contribution is -2.06. The maximum Gasteiger partial charge on any atom is 0.164 e. The molecule has 0 aromatic carbocycles. The summed E-state index contributed by atoms with van der Waals surface area (Å²) < 4.78 is 33.4. The van der Waals surface area contributed by atoms with E-state index in [-0.39, 0.29) is 12.2 Å². The summed E-state index contributed by atoms with van der Waals surface area (Å²) in [6.45, 7) is 10.1. The lowest BCUT2D eigenvalue weighted by atomic mass is 9.86. The summed E-state index contributed by atoms with van der Waals surface area (Å²) in [7, 11) is 0. The molecular formula is C24H36F2O. The van der Waals surface area contributed by atoms with Crippen LogP contribution < -0.4 is 0 Å². The van der Waals surface area contributed by atoms with E-state index in [0.29, 0.717) is 24.0 Å². The molecule has 1 rings (SSSR count). The highest BCUT2D eigenvalue weighted by Crippen LogP contribution is 2.28. The molecule has 3 heteroatoms. The monoisotopic (exact) mass is 378 g/mol. The average molecular weight is 379 g/mol. The average Bonchev–Trinajstić information content (AvgIpc) is 2.68. The van der Waals surface area contributed by atoms with Gasteiger partial charge in [-0.15, -0.1) is 0 Å². The normalized spacial score (nSPS) is 22.9. The van der Waals surface area contributed by atoms with E-state index in [1.807, 2.05) is 19.9 Å². The molecule has 0 fully saturated rings. The highest BCUT2D eigenvalue weighted by Gasteiger charge is 2.14. The van der Waals surface area contributed by atoms with Crippen LogP contribution in [0.25, 0.3) is 0 Å². The molecular weight excluding hydrogens is 342 g/mol. The van der Waals surface area contributed by atoms with Gasteiger partial charge in [-0.05, 0) is 76.4 Å². The van der Waals surface area contributed by atoms with Crippen molar-refractivity contribution in [2.75, 3.05) is 13.2 Å². The zero-order chi connectivity index (χ0) is 20.2. The molecule has 152 valence electrons. The van der Waals surface area contributed by atoms with Crippen molar-refractivity contribution in [1.82, 2.24) is 0 Å². The van der Waals surface area contributed by atoms with Crippen molar-refractivity contribution in [2.24, 2.45) is 11.8 Å². The van der Waals surface area contributed by atoms with Crippen LogP contribution in [0.5, 0.6) is 0 Å². The number of ether oxygens (including phenoxy) is 1. The minimum absolute atomic E-state index is 0.0757. The van der Waals surface area contributed by atoms with Gasteiger partial charge in [-0.2, -0.15) is 0 Å². The Bertz CT molecular complexity index is 608. The first kappa shape index (κ1) is 23.6. The van der Waals surface area contributed by atoms with E-state index in [1.165, 1.54) is 25.3 Å². The number of allylic oxidation sites excluding steroid dienone is 8. The van der Waals surface area contributed by atoms with Crippen LogP contribution in [0, 0.1) is 11.8 Å². The maximum atomic E-state index is 14.4. The van der Waals surface area contributed by atoms with E-state index >= 15 is 0 Å². The summed E-state index contributed by atoms with van der Waals surface area (Å²) in [5.41, 5.74) is 2.32. The molecule has 0 aliphatic heterocycles. The van der Waals surface area contributed by atoms with E-state index in [2.05, 4.69) is 32.1 Å². The number of hydrogen-bond donors (Lipinski definition) is 0. The zero-order valence-corrected chi connectivity index (χ0v) is 17.7. The summed E-state index contributed by atoms with van der Waals surface area (Å²) in [6.07, 6.45) is 15.5. The minimum Gasteiger partial charge on any atom is -0.377 e. The summed E-state index contributed by atoms with van der Waals surface area (Å²) in [5, 5.41) is 0. The smallest absolute Gasteiger partial charge is 0.164 e. The van der Waals surface area contributed by atoms with Crippen LogP contribution in [0.15, 0.2) is 58.8 Å². The van der Waals surface area contributed by atoms with Crippen LogP contribution in [0.4, 0.5) is 8.78 Å². The van der Waals surface area contributed by atoms with Gasteiger partial charge in [-0.1, -0.05) is 43.7 Å². The van der Waals surface area contributed by atoms with Crippen LogP contribution >= 0.6 is 0 Å². The third-order valence-electron chi connectivity index (χ3n) is 5.22. The molecule has 0 bridgehead atoms. The summed E-state index contributed by atoms with van der Waals surface area (Å²) >= 11 is 0. The van der Waals surface area contributed by atoms with Crippen molar-refractivity contribution in [3.8, 4) is 0 Å². The van der Waals surface area contributed by atoms with Crippen molar-refractivity contribution >= 4 is 0 Å². The predicted molar refractivity (Wildman–Crippen MR) is 112 cm³/mol. The van der Waals surface area contributed by atoms with Crippen molar-refractivity contribution in [3.05, 3.63) is 58.8 Å². The number of halogens is 2. The Morgan fingerprint density at radius 1 is 1.15 bits per heavy atom. The predicted octanol–water partition coefficient (Wildman–Crippen LogP) is 7.79. The molecule has 0 heterocycles. The van der Waals surface area contributed by atoms with Gasteiger partial charge in [0.2, 0.25) is 0 Å². The Balaban J connectivity index is 2.86. The highest BCUT2D eigenvalue weighted by molar-refractivity contribution is 5.40. The number of hydrogen-bond acceptors (Lipinski definition) is 1. The maximum absolute atomic E-state index is 14.4. The van der Waals surface area contributed by atoms with Crippen molar-refractivity contribution in [3.63, 3.8) is 0 Å². The highest BCUT2D eigenvalue weighted by atomic mass is 19.2. The molecule has 0 aromatic rings. The Morgan fingerprint density at radius 2 is 1.89 bits per heavy atom. The van der Waals surface area contributed by atoms with Gasteiger partial charge in [-0.3, -0.25) is 0 Å². The van der Waals surface area contributed by atoms with E-state index in [0.717, 1.165) is 25.3 Å². The SMILES string of the molecule is C\C=C(F)/C(F)=C(COCC)/C(C)=C/C=C(\CC)CCC1C=CC(C)CC1. The van der Waals surface area contributed by atoms with Gasteiger partial charge < -0.3 is 4.74 Å². The summed E-state index contributed by atoms with van der Waals surface area (Å²) in [5.74, 6) is -0.296. The molecule has 0 aromatic heterocycles. The van der Waals surface area contributed by atoms with Crippen LogP contribution in [-0.2, 0) is 4.74 Å². The number of rotatable bonds is 10. The van der Waals surface area contributed by atoms with Crippen molar-refractivity contribution < 1.29 is 13.5 Å². The molecule has 1 aliphatic carbocycles. The Hall–Kier alpha value is -1.48. The first-order valence-electron chi connectivity index (χ1n) is 10.3. The Labute approximate surface area is 164 Å². The lowest BCUT2D eigenvalue weighted by Gasteiger charge is -2.20. The molecule has 2 unspecified atom stereocenters. The standard InChI is InChI=1S/C24H36F2O/c1-6-20(15-16-21-12-9-18(4)10-13-21)14-11-19(5)22(17-27-8-3)24(26)23(25)7-2/h7,9,11-12,14,18,21H,6,8,10,13,15-17H2,1-5H3/b19-11+,20-14+,23-7+,24-22-. The van der Waals surface area contributed by atoms with Crippen LogP contribution in [0.3, 0.4) is 0 Å². The molecule has 0 N–H and O–H groups in total. The van der Waals surface area contributed by atoms with Gasteiger partial charge in [0.1, 0.15) is 0 Å². The van der Waals surface area contributed by atoms with Crippen LogP contribution in [0.1, 0.15) is 66.7 Å². The van der Waals surface area contributed by atoms with Crippen molar-refractivity contribution in [1.29, 1.82) is 0 Å². The fraction of sp³-hybridized carbons (Fsp3) is 0.583. The molecule has 27 heavy (non-hydrogen) atoms. The Morgan fingerprint density at radius 3 is 2.44 bits per heavy atom. The topological polar surface area (TPSA) is 9.23 Å². The molecule has 0 radical (unpaired) electrons. The van der Waals surface area contributed by atoms with Crippen LogP contribution in [-0.4, -0.2) is 13.2 Å². The molecule has 2 atom stereocenters.